The van der Waals surface area contributed by atoms with E-state index in [9.17, 15) is 23.3 Å². The van der Waals surface area contributed by atoms with E-state index < -0.39 is 27.7 Å². The Morgan fingerprint density at radius 1 is 0.905 bits per heavy atom. The van der Waals surface area contributed by atoms with Gasteiger partial charge in [-0.25, -0.2) is 13.1 Å². The van der Waals surface area contributed by atoms with E-state index in [1.54, 1.807) is 59.4 Å². The Labute approximate surface area is 247 Å². The van der Waals surface area contributed by atoms with E-state index in [4.69, 9.17) is 16.7 Å². The molecule has 42 heavy (non-hydrogen) atoms. The van der Waals surface area contributed by atoms with Crippen molar-refractivity contribution in [2.75, 3.05) is 11.5 Å². The SMILES string of the molecule is N#CC1=C(c2ccccc2)/C(=C/c2cn(-c3ccccc3)nc2-c2ccc(Cl)cc2)C(=O)N(C2CCS(=O)(=O)C2)C1=O. The molecule has 4 aromatic rings. The lowest BCUT2D eigenvalue weighted by Crippen LogP contribution is -2.49. The molecule has 1 atom stereocenters. The Bertz CT molecular complexity index is 1920. The third kappa shape index (κ3) is 5.07. The van der Waals surface area contributed by atoms with E-state index in [0.717, 1.165) is 16.2 Å². The normalized spacial score (nSPS) is 19.4. The minimum Gasteiger partial charge on any atom is -0.270 e. The number of hydrogen-bond donors (Lipinski definition) is 0. The number of nitriles is 1. The number of carbonyl (C=O) groups is 2. The first-order valence-electron chi connectivity index (χ1n) is 13.2. The highest BCUT2D eigenvalue weighted by Gasteiger charge is 2.45. The molecule has 6 rings (SSSR count). The van der Waals surface area contributed by atoms with E-state index in [-0.39, 0.29) is 34.6 Å². The van der Waals surface area contributed by atoms with Crippen LogP contribution in [0.1, 0.15) is 17.5 Å². The lowest BCUT2D eigenvalue weighted by molar-refractivity contribution is -0.142. The second-order valence-corrected chi connectivity index (χ2v) is 12.7. The molecule has 0 bridgehead atoms. The molecule has 0 N–H and O–H groups in total. The molecule has 208 valence electrons. The van der Waals surface area contributed by atoms with Crippen LogP contribution in [-0.2, 0) is 19.4 Å². The molecule has 0 spiro atoms. The first kappa shape index (κ1) is 27.4. The molecule has 0 saturated carbocycles. The summed E-state index contributed by atoms with van der Waals surface area (Å²) in [4.78, 5) is 28.8. The number of para-hydroxylation sites is 1. The van der Waals surface area contributed by atoms with Crippen LogP contribution in [-0.4, -0.2) is 52.5 Å². The van der Waals surface area contributed by atoms with Crippen molar-refractivity contribution >= 4 is 44.9 Å². The molecule has 0 aliphatic carbocycles. The van der Waals surface area contributed by atoms with Crippen LogP contribution in [0.2, 0.25) is 5.02 Å². The van der Waals surface area contributed by atoms with E-state index in [2.05, 4.69) is 0 Å². The Hall–Kier alpha value is -4.78. The molecule has 1 fully saturated rings. The van der Waals surface area contributed by atoms with Crippen molar-refractivity contribution in [1.29, 1.82) is 5.26 Å². The fourth-order valence-electron chi connectivity index (χ4n) is 5.34. The molecule has 2 aliphatic heterocycles. The largest absolute Gasteiger partial charge is 0.272 e. The molecule has 1 aromatic heterocycles. The van der Waals surface area contributed by atoms with Gasteiger partial charge < -0.3 is 0 Å². The average molecular weight is 595 g/mol. The summed E-state index contributed by atoms with van der Waals surface area (Å²) in [6.45, 7) is 0. The second kappa shape index (κ2) is 10.9. The highest BCUT2D eigenvalue weighted by molar-refractivity contribution is 7.91. The molecule has 3 heterocycles. The number of carbonyl (C=O) groups excluding carboxylic acids is 2. The standard InChI is InChI=1S/C32H23ClN4O4S/c33-24-13-11-22(12-14-24)30-23(19-36(35-30)25-9-5-2-6-10-25)17-27-29(21-7-3-1-4-8-21)28(18-34)32(39)37(31(27)38)26-15-16-42(40,41)20-26/h1-14,17,19,26H,15-16,20H2/b27-17-. The Balaban J connectivity index is 1.59. The van der Waals surface area contributed by atoms with Crippen LogP contribution in [0.4, 0.5) is 0 Å². The monoisotopic (exact) mass is 594 g/mol. The minimum atomic E-state index is -3.42. The van der Waals surface area contributed by atoms with Crippen molar-refractivity contribution < 1.29 is 18.0 Å². The van der Waals surface area contributed by atoms with Gasteiger partial charge in [0.15, 0.2) is 9.84 Å². The maximum absolute atomic E-state index is 14.2. The summed E-state index contributed by atoms with van der Waals surface area (Å²) < 4.78 is 26.3. The molecule has 0 radical (unpaired) electrons. The first-order chi connectivity index (χ1) is 20.3. The van der Waals surface area contributed by atoms with Crippen LogP contribution in [0.15, 0.2) is 102 Å². The predicted octanol–water partition coefficient (Wildman–Crippen LogP) is 5.11. The molecule has 8 nitrogen and oxygen atoms in total. The molecular formula is C32H23ClN4O4S. The van der Waals surface area contributed by atoms with E-state index in [1.165, 1.54) is 0 Å². The highest BCUT2D eigenvalue weighted by atomic mass is 35.5. The summed E-state index contributed by atoms with van der Waals surface area (Å²) in [5.41, 5.74) is 3.23. The number of benzene rings is 3. The molecule has 1 unspecified atom stereocenters. The Kier molecular flexibility index (Phi) is 7.11. The molecule has 10 heteroatoms. The van der Waals surface area contributed by atoms with Gasteiger partial charge in [-0.3, -0.25) is 14.5 Å². The molecule has 2 amide bonds. The van der Waals surface area contributed by atoms with E-state index in [0.29, 0.717) is 21.8 Å². The van der Waals surface area contributed by atoms with Crippen LogP contribution in [0.3, 0.4) is 0 Å². The zero-order valence-electron chi connectivity index (χ0n) is 22.1. The fourth-order valence-corrected chi connectivity index (χ4v) is 7.16. The van der Waals surface area contributed by atoms with Gasteiger partial charge in [0.1, 0.15) is 11.6 Å². The first-order valence-corrected chi connectivity index (χ1v) is 15.4. The van der Waals surface area contributed by atoms with Crippen molar-refractivity contribution in [3.8, 4) is 23.0 Å². The van der Waals surface area contributed by atoms with Gasteiger partial charge in [0, 0.05) is 27.9 Å². The van der Waals surface area contributed by atoms with Gasteiger partial charge in [-0.05, 0) is 42.3 Å². The number of aromatic nitrogens is 2. The van der Waals surface area contributed by atoms with Crippen molar-refractivity contribution in [1.82, 2.24) is 14.7 Å². The van der Waals surface area contributed by atoms with Gasteiger partial charge in [-0.15, -0.1) is 0 Å². The summed E-state index contributed by atoms with van der Waals surface area (Å²) in [6, 6.07) is 26.5. The van der Waals surface area contributed by atoms with E-state index in [1.807, 2.05) is 48.5 Å². The number of halogens is 1. The summed E-state index contributed by atoms with van der Waals surface area (Å²) in [5, 5.41) is 15.6. The third-order valence-corrected chi connectivity index (χ3v) is 9.33. The number of hydrogen-bond acceptors (Lipinski definition) is 6. The number of sulfone groups is 1. The number of amides is 2. The van der Waals surface area contributed by atoms with Gasteiger partial charge >= 0.3 is 0 Å². The summed E-state index contributed by atoms with van der Waals surface area (Å²) >= 11 is 6.15. The average Bonchev–Trinajstić information content (AvgIpc) is 3.58. The van der Waals surface area contributed by atoms with Crippen molar-refractivity contribution in [2.24, 2.45) is 0 Å². The minimum absolute atomic E-state index is 0.101. The van der Waals surface area contributed by atoms with Crippen molar-refractivity contribution in [2.45, 2.75) is 12.5 Å². The summed E-state index contributed by atoms with van der Waals surface area (Å²) in [7, 11) is -3.42. The smallest absolute Gasteiger partial charge is 0.270 e. The topological polar surface area (TPSA) is 113 Å². The van der Waals surface area contributed by atoms with E-state index >= 15 is 0 Å². The second-order valence-electron chi connectivity index (χ2n) is 10.0. The zero-order chi connectivity index (χ0) is 29.4. The maximum atomic E-state index is 14.2. The molecule has 2 aliphatic rings. The van der Waals surface area contributed by atoms with Gasteiger partial charge in [0.05, 0.1) is 34.5 Å². The Morgan fingerprint density at radius 3 is 2.19 bits per heavy atom. The number of imide groups is 1. The molecule has 3 aromatic carbocycles. The van der Waals surface area contributed by atoms with Crippen LogP contribution in [0.25, 0.3) is 28.6 Å². The fraction of sp³-hybridized carbons (Fsp3) is 0.125. The third-order valence-electron chi connectivity index (χ3n) is 7.33. The zero-order valence-corrected chi connectivity index (χ0v) is 23.7. The van der Waals surface area contributed by atoms with Gasteiger partial charge in [0.25, 0.3) is 11.8 Å². The quantitative estimate of drug-likeness (QED) is 0.234. The maximum Gasteiger partial charge on any atom is 0.272 e. The number of nitrogens with zero attached hydrogens (tertiary/aromatic N) is 4. The van der Waals surface area contributed by atoms with Crippen molar-refractivity contribution in [3.05, 3.63) is 118 Å². The number of rotatable bonds is 5. The van der Waals surface area contributed by atoms with Crippen LogP contribution in [0, 0.1) is 11.3 Å². The van der Waals surface area contributed by atoms with Crippen LogP contribution < -0.4 is 0 Å². The lowest BCUT2D eigenvalue weighted by atomic mass is 9.86. The summed E-state index contributed by atoms with van der Waals surface area (Å²) in [6.07, 6.45) is 3.52. The van der Waals surface area contributed by atoms with Gasteiger partial charge in [-0.2, -0.15) is 10.4 Å². The Morgan fingerprint density at radius 2 is 1.57 bits per heavy atom. The van der Waals surface area contributed by atoms with Gasteiger partial charge in [0.2, 0.25) is 0 Å². The molecule has 1 saturated heterocycles. The van der Waals surface area contributed by atoms with Crippen molar-refractivity contribution in [3.63, 3.8) is 0 Å². The lowest BCUT2D eigenvalue weighted by Gasteiger charge is -2.32. The van der Waals surface area contributed by atoms with Crippen LogP contribution in [0.5, 0.6) is 0 Å². The highest BCUT2D eigenvalue weighted by Crippen LogP contribution is 2.38. The van der Waals surface area contributed by atoms with Crippen LogP contribution >= 0.6 is 11.6 Å². The molecular weight excluding hydrogens is 572 g/mol. The predicted molar refractivity (Wildman–Crippen MR) is 160 cm³/mol. The van der Waals surface area contributed by atoms with Gasteiger partial charge in [-0.1, -0.05) is 72.3 Å². The summed E-state index contributed by atoms with van der Waals surface area (Å²) in [5.74, 6) is -1.91.